The first-order chi connectivity index (χ1) is 14.5. The molecule has 2 atom stereocenters. The number of para-hydroxylation sites is 1. The molecule has 0 aromatic heterocycles. The van der Waals surface area contributed by atoms with Crippen LogP contribution in [0, 0.1) is 6.92 Å². The average Bonchev–Trinajstić information content (AvgIpc) is 2.77. The summed E-state index contributed by atoms with van der Waals surface area (Å²) in [5, 5.41) is 4.84. The Balaban J connectivity index is 2.61. The summed E-state index contributed by atoms with van der Waals surface area (Å²) in [6, 6.07) is 13.6. The maximum absolute atomic E-state index is 6.25. The van der Waals surface area contributed by atoms with Gasteiger partial charge in [-0.15, -0.1) is 0 Å². The van der Waals surface area contributed by atoms with Crippen molar-refractivity contribution in [1.82, 2.24) is 5.32 Å². The van der Waals surface area contributed by atoms with Crippen molar-refractivity contribution in [1.29, 1.82) is 0 Å². The van der Waals surface area contributed by atoms with Crippen molar-refractivity contribution in [3.05, 3.63) is 58.7 Å². The zero-order valence-electron chi connectivity index (χ0n) is 19.9. The van der Waals surface area contributed by atoms with Gasteiger partial charge in [-0.25, -0.2) is 0 Å². The van der Waals surface area contributed by atoms with Crippen LogP contribution in [0.5, 0.6) is 5.75 Å². The fourth-order valence-corrected chi connectivity index (χ4v) is 5.82. The Morgan fingerprint density at radius 1 is 1.10 bits per heavy atom. The van der Waals surface area contributed by atoms with Gasteiger partial charge in [-0.3, -0.25) is 0 Å². The zero-order chi connectivity index (χ0) is 22.1. The summed E-state index contributed by atoms with van der Waals surface area (Å²) in [5.41, 5.74) is 5.34. The van der Waals surface area contributed by atoms with Crippen LogP contribution in [0.3, 0.4) is 0 Å². The Hall–Kier alpha value is -1.41. The van der Waals surface area contributed by atoms with E-state index in [-0.39, 0.29) is 11.9 Å². The lowest BCUT2D eigenvalue weighted by Gasteiger charge is -2.36. The quantitative estimate of drug-likeness (QED) is 0.320. The number of hydrogen-bond acceptors (Lipinski definition) is 3. The molecule has 0 fully saturated rings. The Morgan fingerprint density at radius 3 is 2.43 bits per heavy atom. The average molecular weight is 430 g/mol. The highest BCUT2D eigenvalue weighted by Crippen LogP contribution is 2.52. The molecule has 0 aliphatic rings. The molecule has 0 aliphatic carbocycles. The van der Waals surface area contributed by atoms with Gasteiger partial charge in [-0.1, -0.05) is 78.2 Å². The molecular formula is C26H40NO2P. The van der Waals surface area contributed by atoms with Gasteiger partial charge >= 0.3 is 0 Å². The van der Waals surface area contributed by atoms with Gasteiger partial charge in [0.25, 0.3) is 0 Å². The standard InChI is InChI=1S/C26H40NO2P/c1-8-20(5)22-12-11-13-23(25(22)29-18-28-7)26(9-2,10-3)30-24-15-14-19(4)16-21(24)17-27-6/h11-16,20,27,30H,8-10,17-18H2,1-7H3. The van der Waals surface area contributed by atoms with Crippen LogP contribution in [0.1, 0.15) is 75.1 Å². The van der Waals surface area contributed by atoms with Crippen molar-refractivity contribution >= 4 is 13.9 Å². The number of aryl methyl sites for hydroxylation is 1. The second kappa shape index (κ2) is 11.8. The lowest BCUT2D eigenvalue weighted by Crippen LogP contribution is -2.25. The summed E-state index contributed by atoms with van der Waals surface area (Å²) < 4.78 is 11.6. The maximum atomic E-state index is 6.25. The van der Waals surface area contributed by atoms with E-state index in [1.807, 2.05) is 7.05 Å². The smallest absolute Gasteiger partial charge is 0.188 e. The van der Waals surface area contributed by atoms with Crippen LogP contribution < -0.4 is 15.4 Å². The third-order valence-electron chi connectivity index (χ3n) is 6.23. The molecule has 0 heterocycles. The number of hydrogen-bond donors (Lipinski definition) is 1. The van der Waals surface area contributed by atoms with Gasteiger partial charge in [0.2, 0.25) is 0 Å². The largest absolute Gasteiger partial charge is 0.467 e. The molecule has 166 valence electrons. The van der Waals surface area contributed by atoms with Gasteiger partial charge in [0.15, 0.2) is 6.79 Å². The second-order valence-corrected chi connectivity index (χ2v) is 9.94. The van der Waals surface area contributed by atoms with E-state index in [0.717, 1.165) is 31.6 Å². The van der Waals surface area contributed by atoms with Crippen molar-refractivity contribution in [2.75, 3.05) is 21.0 Å². The number of rotatable bonds is 12. The topological polar surface area (TPSA) is 30.5 Å². The van der Waals surface area contributed by atoms with E-state index < -0.39 is 0 Å². The first kappa shape index (κ1) is 24.9. The number of ether oxygens (including phenoxy) is 2. The van der Waals surface area contributed by atoms with Gasteiger partial charge in [0.1, 0.15) is 5.75 Å². The first-order valence-electron chi connectivity index (χ1n) is 11.2. The van der Waals surface area contributed by atoms with Gasteiger partial charge in [0.05, 0.1) is 0 Å². The van der Waals surface area contributed by atoms with Crippen LogP contribution in [-0.2, 0) is 16.4 Å². The number of benzene rings is 2. The first-order valence-corrected chi connectivity index (χ1v) is 12.2. The summed E-state index contributed by atoms with van der Waals surface area (Å²) in [6.07, 6.45) is 3.23. The summed E-state index contributed by atoms with van der Waals surface area (Å²) in [4.78, 5) is 0. The molecule has 1 N–H and O–H groups in total. The summed E-state index contributed by atoms with van der Waals surface area (Å²) in [6.45, 7) is 12.5. The summed E-state index contributed by atoms with van der Waals surface area (Å²) in [5.74, 6) is 1.48. The number of nitrogens with one attached hydrogen (secondary N) is 1. The highest BCUT2D eigenvalue weighted by atomic mass is 31.1. The Bertz CT molecular complexity index is 802. The van der Waals surface area contributed by atoms with Crippen molar-refractivity contribution in [2.24, 2.45) is 0 Å². The van der Waals surface area contributed by atoms with Crippen molar-refractivity contribution < 1.29 is 9.47 Å². The third kappa shape index (κ3) is 5.63. The molecule has 4 heteroatoms. The van der Waals surface area contributed by atoms with E-state index in [9.17, 15) is 0 Å². The van der Waals surface area contributed by atoms with Crippen LogP contribution in [0.2, 0.25) is 0 Å². The molecular weight excluding hydrogens is 389 g/mol. The molecule has 2 aromatic carbocycles. The highest BCUT2D eigenvalue weighted by molar-refractivity contribution is 7.48. The van der Waals surface area contributed by atoms with Crippen LogP contribution in [0.15, 0.2) is 36.4 Å². The SMILES string of the molecule is CCC(C)c1cccc(C(CC)(CC)Pc2ccc(C)cc2CNC)c1OCOC. The Morgan fingerprint density at radius 2 is 1.83 bits per heavy atom. The van der Waals surface area contributed by atoms with Crippen LogP contribution in [0.4, 0.5) is 0 Å². The van der Waals surface area contributed by atoms with Crippen molar-refractivity contribution in [2.45, 2.75) is 71.5 Å². The monoisotopic (exact) mass is 429 g/mol. The van der Waals surface area contributed by atoms with E-state index in [1.54, 1.807) is 7.11 Å². The second-order valence-electron chi connectivity index (χ2n) is 8.19. The minimum absolute atomic E-state index is 0.0459. The van der Waals surface area contributed by atoms with Gasteiger partial charge < -0.3 is 14.8 Å². The molecule has 2 aromatic rings. The van der Waals surface area contributed by atoms with Gasteiger partial charge in [0, 0.05) is 24.4 Å². The zero-order valence-corrected chi connectivity index (χ0v) is 20.9. The fraction of sp³-hybridized carbons (Fsp3) is 0.538. The van der Waals surface area contributed by atoms with Crippen LogP contribution >= 0.6 is 8.58 Å². The third-order valence-corrected chi connectivity index (χ3v) is 8.45. The molecule has 0 amide bonds. The maximum Gasteiger partial charge on any atom is 0.188 e. The number of methoxy groups -OCH3 is 1. The lowest BCUT2D eigenvalue weighted by molar-refractivity contribution is 0.0490. The highest BCUT2D eigenvalue weighted by Gasteiger charge is 2.34. The van der Waals surface area contributed by atoms with E-state index in [2.05, 4.69) is 76.3 Å². The lowest BCUT2D eigenvalue weighted by atomic mass is 9.87. The normalized spacial score (nSPS) is 13.2. The molecule has 0 saturated carbocycles. The van der Waals surface area contributed by atoms with Crippen molar-refractivity contribution in [3.63, 3.8) is 0 Å². The molecule has 0 aliphatic heterocycles. The minimum atomic E-state index is 0.0459. The predicted octanol–water partition coefficient (Wildman–Crippen LogP) is 6.23. The van der Waals surface area contributed by atoms with Gasteiger partial charge in [-0.2, -0.15) is 0 Å². The van der Waals surface area contributed by atoms with Gasteiger partial charge in [-0.05, 0) is 55.6 Å². The molecule has 0 spiro atoms. The van der Waals surface area contributed by atoms with E-state index in [0.29, 0.717) is 14.5 Å². The predicted molar refractivity (Wildman–Crippen MR) is 132 cm³/mol. The molecule has 0 bridgehead atoms. The van der Waals surface area contributed by atoms with Crippen molar-refractivity contribution in [3.8, 4) is 5.75 Å². The molecule has 3 nitrogen and oxygen atoms in total. The van der Waals surface area contributed by atoms with Crippen LogP contribution in [0.25, 0.3) is 0 Å². The molecule has 2 rings (SSSR count). The molecule has 0 saturated heterocycles. The Labute approximate surface area is 185 Å². The van der Waals surface area contributed by atoms with Crippen LogP contribution in [-0.4, -0.2) is 21.0 Å². The van der Waals surface area contributed by atoms with E-state index in [4.69, 9.17) is 9.47 Å². The minimum Gasteiger partial charge on any atom is -0.467 e. The molecule has 0 radical (unpaired) electrons. The molecule has 30 heavy (non-hydrogen) atoms. The summed E-state index contributed by atoms with van der Waals surface area (Å²) in [7, 11) is 4.39. The fourth-order valence-electron chi connectivity index (χ4n) is 4.13. The van der Waals surface area contributed by atoms with E-state index >= 15 is 0 Å². The van der Waals surface area contributed by atoms with E-state index in [1.165, 1.54) is 27.6 Å². The molecule has 2 unspecified atom stereocenters. The summed E-state index contributed by atoms with van der Waals surface area (Å²) >= 11 is 0. The Kier molecular flexibility index (Phi) is 9.81.